The monoisotopic (exact) mass is 355 g/mol. The van der Waals surface area contributed by atoms with E-state index < -0.39 is 0 Å². The molecule has 2 N–H and O–H groups in total. The van der Waals surface area contributed by atoms with Crippen molar-refractivity contribution in [2.24, 2.45) is 0 Å². The van der Waals surface area contributed by atoms with Crippen LogP contribution in [0.5, 0.6) is 5.75 Å². The van der Waals surface area contributed by atoms with Gasteiger partial charge in [0.1, 0.15) is 5.75 Å². The van der Waals surface area contributed by atoms with Gasteiger partial charge in [-0.3, -0.25) is 0 Å². The number of ether oxygens (including phenoxy) is 1. The topological polar surface area (TPSA) is 61.0 Å². The Morgan fingerprint density at radius 3 is 2.48 bits per heavy atom. The average Bonchev–Trinajstić information content (AvgIpc) is 2.62. The summed E-state index contributed by atoms with van der Waals surface area (Å²) >= 11 is 5.85. The summed E-state index contributed by atoms with van der Waals surface area (Å²) in [5.41, 5.74) is 7.77. The zero-order chi connectivity index (χ0) is 17.5. The summed E-state index contributed by atoms with van der Waals surface area (Å²) in [7, 11) is 0. The zero-order valence-corrected chi connectivity index (χ0v) is 14.9. The molecule has 1 aromatic heterocycles. The molecule has 25 heavy (non-hydrogen) atoms. The minimum absolute atomic E-state index is 0.352. The van der Waals surface area contributed by atoms with E-state index in [1.165, 1.54) is 0 Å². The molecule has 0 aliphatic heterocycles. The minimum atomic E-state index is 0.352. The lowest BCUT2D eigenvalue weighted by Crippen LogP contribution is -2.01. The van der Waals surface area contributed by atoms with Crippen molar-refractivity contribution < 1.29 is 4.74 Å². The molecule has 4 nitrogen and oxygen atoms in total. The number of nitrogens with zero attached hydrogens (tertiary/aromatic N) is 2. The number of hydrogen-bond acceptors (Lipinski definition) is 4. The van der Waals surface area contributed by atoms with E-state index in [1.807, 2.05) is 42.5 Å². The second kappa shape index (κ2) is 8.67. The van der Waals surface area contributed by atoms with Gasteiger partial charge in [0.25, 0.3) is 0 Å². The van der Waals surface area contributed by atoms with Crippen LogP contribution < -0.4 is 10.5 Å². The Kier molecular flexibility index (Phi) is 6.07. The minimum Gasteiger partial charge on any atom is -0.494 e. The van der Waals surface area contributed by atoms with Gasteiger partial charge in [-0.25, -0.2) is 9.97 Å². The lowest BCUT2D eigenvalue weighted by atomic mass is 10.1. The predicted octanol–water partition coefficient (Wildman–Crippen LogP) is 5.05. The molecule has 0 saturated carbocycles. The number of unbranched alkanes of at least 4 members (excludes halogenated alkanes) is 3. The van der Waals surface area contributed by atoms with Crippen LogP contribution in [0.25, 0.3) is 10.9 Å². The van der Waals surface area contributed by atoms with Crippen molar-refractivity contribution in [3.8, 4) is 5.75 Å². The van der Waals surface area contributed by atoms with Crippen molar-refractivity contribution in [3.63, 3.8) is 0 Å². The fraction of sp³-hybridized carbons (Fsp3) is 0.300. The number of benzene rings is 2. The lowest BCUT2D eigenvalue weighted by Gasteiger charge is -2.07. The third-order valence-corrected chi connectivity index (χ3v) is 4.34. The third kappa shape index (κ3) is 5.07. The maximum atomic E-state index is 5.85. The standard InChI is InChI=1S/C20H22ClN3O/c21-15-10-12-16(13-11-15)25-14-6-2-1-3-8-18-17-7-4-5-9-19(17)24-20(22)23-18/h4-5,7,9-13H,1-3,6,8,14H2,(H2,22,23,24). The first-order valence-electron chi connectivity index (χ1n) is 8.62. The van der Waals surface area contributed by atoms with Gasteiger partial charge in [-0.1, -0.05) is 42.6 Å². The van der Waals surface area contributed by atoms with Crippen LogP contribution in [0.1, 0.15) is 31.4 Å². The van der Waals surface area contributed by atoms with Gasteiger partial charge in [0.2, 0.25) is 5.95 Å². The fourth-order valence-corrected chi connectivity index (χ4v) is 2.95. The van der Waals surface area contributed by atoms with Crippen LogP contribution in [0.3, 0.4) is 0 Å². The number of para-hydroxylation sites is 1. The van der Waals surface area contributed by atoms with Crippen molar-refractivity contribution in [1.29, 1.82) is 0 Å². The molecule has 3 aromatic rings. The molecule has 0 aliphatic rings. The highest BCUT2D eigenvalue weighted by Gasteiger charge is 2.05. The summed E-state index contributed by atoms with van der Waals surface area (Å²) in [5.74, 6) is 1.22. The van der Waals surface area contributed by atoms with E-state index >= 15 is 0 Å². The quantitative estimate of drug-likeness (QED) is 0.574. The molecule has 0 unspecified atom stereocenters. The Bertz CT molecular complexity index is 821. The SMILES string of the molecule is Nc1nc(CCCCCCOc2ccc(Cl)cc2)c2ccccc2n1. The van der Waals surface area contributed by atoms with E-state index in [9.17, 15) is 0 Å². The van der Waals surface area contributed by atoms with Crippen molar-refractivity contribution in [3.05, 3.63) is 59.2 Å². The Morgan fingerprint density at radius 2 is 1.64 bits per heavy atom. The first kappa shape index (κ1) is 17.5. The third-order valence-electron chi connectivity index (χ3n) is 4.09. The highest BCUT2D eigenvalue weighted by molar-refractivity contribution is 6.30. The van der Waals surface area contributed by atoms with Crippen molar-refractivity contribution in [2.45, 2.75) is 32.1 Å². The number of aryl methyl sites for hydroxylation is 1. The molecule has 0 bridgehead atoms. The molecule has 1 heterocycles. The molecule has 0 fully saturated rings. The highest BCUT2D eigenvalue weighted by atomic mass is 35.5. The van der Waals surface area contributed by atoms with Gasteiger partial charge in [-0.2, -0.15) is 0 Å². The number of rotatable bonds is 8. The van der Waals surface area contributed by atoms with Gasteiger partial charge in [-0.15, -0.1) is 0 Å². The molecule has 0 atom stereocenters. The maximum Gasteiger partial charge on any atom is 0.220 e. The van der Waals surface area contributed by atoms with E-state index in [2.05, 4.69) is 16.0 Å². The Balaban J connectivity index is 1.39. The Labute approximate surface area is 153 Å². The van der Waals surface area contributed by atoms with Gasteiger partial charge in [0, 0.05) is 10.4 Å². The summed E-state index contributed by atoms with van der Waals surface area (Å²) in [6.07, 6.45) is 5.32. The molecule has 130 valence electrons. The average molecular weight is 356 g/mol. The van der Waals surface area contributed by atoms with Gasteiger partial charge in [0.05, 0.1) is 17.8 Å². The number of aromatic nitrogens is 2. The molecule has 0 spiro atoms. The van der Waals surface area contributed by atoms with Crippen molar-refractivity contribution in [2.75, 3.05) is 12.3 Å². The zero-order valence-electron chi connectivity index (χ0n) is 14.1. The number of nitrogens with two attached hydrogens (primary N) is 1. The van der Waals surface area contributed by atoms with Crippen LogP contribution in [-0.4, -0.2) is 16.6 Å². The van der Waals surface area contributed by atoms with Crippen molar-refractivity contribution in [1.82, 2.24) is 9.97 Å². The molecule has 0 amide bonds. The first-order chi connectivity index (χ1) is 12.2. The molecule has 0 aliphatic carbocycles. The molecule has 2 aromatic carbocycles. The lowest BCUT2D eigenvalue weighted by molar-refractivity contribution is 0.304. The highest BCUT2D eigenvalue weighted by Crippen LogP contribution is 2.19. The van der Waals surface area contributed by atoms with Crippen LogP contribution in [0.2, 0.25) is 5.02 Å². The van der Waals surface area contributed by atoms with Gasteiger partial charge >= 0.3 is 0 Å². The second-order valence-electron chi connectivity index (χ2n) is 6.01. The van der Waals surface area contributed by atoms with E-state index in [0.717, 1.165) is 66.1 Å². The molecular formula is C20H22ClN3O. The van der Waals surface area contributed by atoms with Crippen LogP contribution in [0, 0.1) is 0 Å². The van der Waals surface area contributed by atoms with Crippen LogP contribution in [0.15, 0.2) is 48.5 Å². The van der Waals surface area contributed by atoms with Crippen LogP contribution in [-0.2, 0) is 6.42 Å². The summed E-state index contributed by atoms with van der Waals surface area (Å²) in [6, 6.07) is 15.5. The van der Waals surface area contributed by atoms with E-state index in [-0.39, 0.29) is 0 Å². The summed E-state index contributed by atoms with van der Waals surface area (Å²) in [4.78, 5) is 8.69. The number of nitrogen functional groups attached to an aromatic ring is 1. The Hall–Kier alpha value is -2.33. The molecule has 3 rings (SSSR count). The molecular weight excluding hydrogens is 334 g/mol. The van der Waals surface area contributed by atoms with Crippen molar-refractivity contribution >= 4 is 28.5 Å². The normalized spacial score (nSPS) is 10.9. The number of fused-ring (bicyclic) bond motifs is 1. The van der Waals surface area contributed by atoms with E-state index in [1.54, 1.807) is 0 Å². The van der Waals surface area contributed by atoms with Gasteiger partial charge in [0.15, 0.2) is 0 Å². The number of hydrogen-bond donors (Lipinski definition) is 1. The van der Waals surface area contributed by atoms with Crippen LogP contribution in [0.4, 0.5) is 5.95 Å². The summed E-state index contributed by atoms with van der Waals surface area (Å²) in [5, 5.41) is 1.83. The van der Waals surface area contributed by atoms with Gasteiger partial charge in [-0.05, 0) is 49.6 Å². The fourth-order valence-electron chi connectivity index (χ4n) is 2.82. The Morgan fingerprint density at radius 1 is 0.880 bits per heavy atom. The van der Waals surface area contributed by atoms with E-state index in [0.29, 0.717) is 5.95 Å². The molecule has 0 radical (unpaired) electrons. The summed E-state index contributed by atoms with van der Waals surface area (Å²) < 4.78 is 5.70. The number of anilines is 1. The van der Waals surface area contributed by atoms with Crippen LogP contribution >= 0.6 is 11.6 Å². The first-order valence-corrected chi connectivity index (χ1v) is 9.00. The smallest absolute Gasteiger partial charge is 0.220 e. The maximum absolute atomic E-state index is 5.85. The van der Waals surface area contributed by atoms with E-state index in [4.69, 9.17) is 22.1 Å². The number of halogens is 1. The molecule has 5 heteroatoms. The van der Waals surface area contributed by atoms with Gasteiger partial charge < -0.3 is 10.5 Å². The second-order valence-corrected chi connectivity index (χ2v) is 6.45. The summed E-state index contributed by atoms with van der Waals surface area (Å²) in [6.45, 7) is 0.727. The predicted molar refractivity (Wildman–Crippen MR) is 103 cm³/mol. The largest absolute Gasteiger partial charge is 0.494 e. The molecule has 0 saturated heterocycles.